The molecule has 0 fully saturated rings. The van der Waals surface area contributed by atoms with Crippen LogP contribution in [0.15, 0.2) is 0 Å². The topological polar surface area (TPSA) is 107 Å². The van der Waals surface area contributed by atoms with Crippen molar-refractivity contribution in [2.24, 2.45) is 11.3 Å². The Bertz CT molecular complexity index is 264. The Kier molecular flexibility index (Phi) is 5.40. The highest BCUT2D eigenvalue weighted by atomic mass is 16.4. The molecule has 0 aromatic rings. The zero-order valence-electron chi connectivity index (χ0n) is 9.73. The van der Waals surface area contributed by atoms with E-state index in [1.165, 1.54) is 20.8 Å². The van der Waals surface area contributed by atoms with Crippen LogP contribution in [0.25, 0.3) is 0 Å². The quantitative estimate of drug-likeness (QED) is 0.480. The second-order valence-corrected chi connectivity index (χ2v) is 4.53. The summed E-state index contributed by atoms with van der Waals surface area (Å²) in [4.78, 5) is 21.9. The normalized spacial score (nSPS) is 15.3. The maximum atomic E-state index is 11.4. The number of aliphatic hydroxyl groups excluding tert-OH is 2. The van der Waals surface area contributed by atoms with Gasteiger partial charge in [0.25, 0.3) is 0 Å². The lowest BCUT2D eigenvalue weighted by Gasteiger charge is -2.27. The van der Waals surface area contributed by atoms with Crippen LogP contribution in [-0.2, 0) is 9.59 Å². The van der Waals surface area contributed by atoms with Crippen LogP contribution in [0.4, 0.5) is 0 Å². The first-order chi connectivity index (χ1) is 7.22. The van der Waals surface area contributed by atoms with Gasteiger partial charge in [-0.15, -0.1) is 0 Å². The number of amides is 1. The predicted octanol–water partition coefficient (Wildman–Crippen LogP) is -0.797. The van der Waals surface area contributed by atoms with Gasteiger partial charge in [-0.1, -0.05) is 20.8 Å². The molecule has 0 aliphatic heterocycles. The summed E-state index contributed by atoms with van der Waals surface area (Å²) >= 11 is 0. The molecule has 0 saturated heterocycles. The van der Waals surface area contributed by atoms with Crippen molar-refractivity contribution in [2.75, 3.05) is 13.2 Å². The van der Waals surface area contributed by atoms with Gasteiger partial charge in [-0.25, -0.2) is 0 Å². The van der Waals surface area contributed by atoms with Gasteiger partial charge in [0.05, 0.1) is 12.5 Å². The first-order valence-electron chi connectivity index (χ1n) is 5.02. The van der Waals surface area contributed by atoms with Gasteiger partial charge in [0.2, 0.25) is 5.91 Å². The molecule has 1 amide bonds. The van der Waals surface area contributed by atoms with Gasteiger partial charge in [-0.2, -0.15) is 0 Å². The third kappa shape index (κ3) is 4.16. The van der Waals surface area contributed by atoms with Crippen LogP contribution in [-0.4, -0.2) is 46.5 Å². The van der Waals surface area contributed by atoms with E-state index < -0.39 is 29.3 Å². The molecular weight excluding hydrogens is 214 g/mol. The summed E-state index contributed by atoms with van der Waals surface area (Å²) in [5.41, 5.74) is -0.948. The van der Waals surface area contributed by atoms with Crippen LogP contribution >= 0.6 is 0 Å². The van der Waals surface area contributed by atoms with Crippen molar-refractivity contribution in [2.45, 2.75) is 26.9 Å². The summed E-state index contributed by atoms with van der Waals surface area (Å²) in [5, 5.41) is 29.4. The number of hydrogen-bond acceptors (Lipinski definition) is 4. The highest BCUT2D eigenvalue weighted by molar-refractivity contribution is 5.82. The molecule has 0 aromatic heterocycles. The number of aliphatic hydroxyl groups is 2. The molecule has 0 saturated carbocycles. The molecule has 94 valence electrons. The number of carbonyl (C=O) groups is 2. The third-order valence-electron chi connectivity index (χ3n) is 2.40. The van der Waals surface area contributed by atoms with Gasteiger partial charge in [-0.05, 0) is 0 Å². The van der Waals surface area contributed by atoms with Gasteiger partial charge in [0.15, 0.2) is 0 Å². The van der Waals surface area contributed by atoms with Crippen molar-refractivity contribution in [1.82, 2.24) is 5.32 Å². The average Bonchev–Trinajstić information content (AvgIpc) is 2.23. The number of rotatable bonds is 6. The Morgan fingerprint density at radius 2 is 1.88 bits per heavy atom. The summed E-state index contributed by atoms with van der Waals surface area (Å²) < 4.78 is 0. The van der Waals surface area contributed by atoms with Crippen LogP contribution in [0.1, 0.15) is 20.8 Å². The summed E-state index contributed by atoms with van der Waals surface area (Å²) in [5.74, 6) is -2.41. The minimum atomic E-state index is -1.36. The molecule has 6 nitrogen and oxygen atoms in total. The van der Waals surface area contributed by atoms with Gasteiger partial charge in [0, 0.05) is 12.0 Å². The minimum absolute atomic E-state index is 0.0489. The van der Waals surface area contributed by atoms with Crippen LogP contribution < -0.4 is 5.32 Å². The molecule has 0 heterocycles. The molecule has 2 unspecified atom stereocenters. The molecule has 0 radical (unpaired) electrons. The van der Waals surface area contributed by atoms with E-state index in [1.807, 2.05) is 0 Å². The molecule has 0 bridgehead atoms. The minimum Gasteiger partial charge on any atom is -0.481 e. The van der Waals surface area contributed by atoms with E-state index in [9.17, 15) is 14.7 Å². The van der Waals surface area contributed by atoms with Crippen molar-refractivity contribution in [1.29, 1.82) is 0 Å². The largest absolute Gasteiger partial charge is 0.481 e. The number of carboxylic acid groups (broad SMARTS) is 1. The molecule has 4 N–H and O–H groups in total. The monoisotopic (exact) mass is 233 g/mol. The summed E-state index contributed by atoms with van der Waals surface area (Å²) in [6.45, 7) is 4.14. The standard InChI is InChI=1S/C10H19NO5/c1-6(9(15)16)4-11-8(14)7(13)10(2,3)5-12/h6-7,12-13H,4-5H2,1-3H3,(H,11,14)(H,15,16). The Morgan fingerprint density at radius 3 is 2.25 bits per heavy atom. The van der Waals surface area contributed by atoms with Gasteiger partial charge < -0.3 is 20.6 Å². The zero-order valence-corrected chi connectivity index (χ0v) is 9.73. The van der Waals surface area contributed by atoms with E-state index in [0.717, 1.165) is 0 Å². The van der Waals surface area contributed by atoms with Crippen molar-refractivity contribution >= 4 is 11.9 Å². The number of nitrogens with one attached hydrogen (secondary N) is 1. The van der Waals surface area contributed by atoms with E-state index in [-0.39, 0.29) is 13.2 Å². The lowest BCUT2D eigenvalue weighted by molar-refractivity contribution is -0.142. The fraction of sp³-hybridized carbons (Fsp3) is 0.800. The Balaban J connectivity index is 4.22. The Hall–Kier alpha value is -1.14. The molecule has 0 aliphatic carbocycles. The first kappa shape index (κ1) is 14.9. The number of carbonyl (C=O) groups excluding carboxylic acids is 1. The highest BCUT2D eigenvalue weighted by Gasteiger charge is 2.33. The van der Waals surface area contributed by atoms with E-state index >= 15 is 0 Å². The van der Waals surface area contributed by atoms with E-state index in [1.54, 1.807) is 0 Å². The summed E-state index contributed by atoms with van der Waals surface area (Å²) in [7, 11) is 0. The van der Waals surface area contributed by atoms with E-state index in [0.29, 0.717) is 0 Å². The fourth-order valence-corrected chi connectivity index (χ4v) is 0.879. The highest BCUT2D eigenvalue weighted by Crippen LogP contribution is 2.19. The zero-order chi connectivity index (χ0) is 12.9. The molecule has 0 aliphatic rings. The first-order valence-corrected chi connectivity index (χ1v) is 5.02. The lowest BCUT2D eigenvalue weighted by Crippen LogP contribution is -2.47. The SMILES string of the molecule is CC(CNC(=O)C(O)C(C)(C)CO)C(=O)O. The average molecular weight is 233 g/mol. The molecule has 6 heteroatoms. The summed E-state index contributed by atoms with van der Waals surface area (Å²) in [6, 6.07) is 0. The van der Waals surface area contributed by atoms with Gasteiger partial charge in [-0.3, -0.25) is 9.59 Å². The number of carboxylic acids is 1. The van der Waals surface area contributed by atoms with Crippen LogP contribution in [0.5, 0.6) is 0 Å². The third-order valence-corrected chi connectivity index (χ3v) is 2.40. The van der Waals surface area contributed by atoms with Crippen molar-refractivity contribution in [3.8, 4) is 0 Å². The van der Waals surface area contributed by atoms with Gasteiger partial charge in [0.1, 0.15) is 6.10 Å². The lowest BCUT2D eigenvalue weighted by atomic mass is 9.87. The van der Waals surface area contributed by atoms with Gasteiger partial charge >= 0.3 is 5.97 Å². The van der Waals surface area contributed by atoms with Crippen LogP contribution in [0, 0.1) is 11.3 Å². The Morgan fingerprint density at radius 1 is 1.38 bits per heavy atom. The van der Waals surface area contributed by atoms with Crippen molar-refractivity contribution < 1.29 is 24.9 Å². The second kappa shape index (κ2) is 5.81. The second-order valence-electron chi connectivity index (χ2n) is 4.53. The molecule has 0 rings (SSSR count). The molecule has 16 heavy (non-hydrogen) atoms. The van der Waals surface area contributed by atoms with E-state index in [4.69, 9.17) is 10.2 Å². The fourth-order valence-electron chi connectivity index (χ4n) is 0.879. The molecular formula is C10H19NO5. The molecule has 0 aromatic carbocycles. The van der Waals surface area contributed by atoms with Crippen LogP contribution in [0.2, 0.25) is 0 Å². The number of hydrogen-bond donors (Lipinski definition) is 4. The van der Waals surface area contributed by atoms with Crippen molar-refractivity contribution in [3.05, 3.63) is 0 Å². The van der Waals surface area contributed by atoms with Crippen molar-refractivity contribution in [3.63, 3.8) is 0 Å². The van der Waals surface area contributed by atoms with E-state index in [2.05, 4.69) is 5.32 Å². The Labute approximate surface area is 94.3 Å². The summed E-state index contributed by atoms with van der Waals surface area (Å²) in [6.07, 6.45) is -1.36. The molecule has 0 spiro atoms. The smallest absolute Gasteiger partial charge is 0.308 e. The number of aliphatic carboxylic acids is 1. The maximum absolute atomic E-state index is 11.4. The van der Waals surface area contributed by atoms with Crippen LogP contribution in [0.3, 0.4) is 0 Å². The predicted molar refractivity (Wildman–Crippen MR) is 56.7 cm³/mol. The maximum Gasteiger partial charge on any atom is 0.308 e. The molecule has 2 atom stereocenters.